The van der Waals surface area contributed by atoms with E-state index in [1.807, 2.05) is 62.4 Å². The van der Waals surface area contributed by atoms with Gasteiger partial charge in [0.2, 0.25) is 5.91 Å². The van der Waals surface area contributed by atoms with E-state index in [0.29, 0.717) is 6.54 Å². The van der Waals surface area contributed by atoms with E-state index in [9.17, 15) is 14.4 Å². The third kappa shape index (κ3) is 5.22. The van der Waals surface area contributed by atoms with Crippen LogP contribution in [-0.4, -0.2) is 30.4 Å². The maximum absolute atomic E-state index is 12.5. The Bertz CT molecular complexity index is 890. The van der Waals surface area contributed by atoms with Crippen molar-refractivity contribution in [2.75, 3.05) is 11.4 Å². The molecule has 6 heteroatoms. The highest BCUT2D eigenvalue weighted by molar-refractivity contribution is 5.99. The third-order valence-electron chi connectivity index (χ3n) is 5.05. The fraction of sp³-hybridized carbons (Fsp3) is 0.348. The lowest BCUT2D eigenvalue weighted by atomic mass is 10.1. The third-order valence-corrected chi connectivity index (χ3v) is 5.05. The monoisotopic (exact) mass is 394 g/mol. The van der Waals surface area contributed by atoms with E-state index in [1.54, 1.807) is 4.90 Å². The van der Waals surface area contributed by atoms with Gasteiger partial charge in [-0.15, -0.1) is 0 Å². The summed E-state index contributed by atoms with van der Waals surface area (Å²) in [6.07, 6.45) is -0.832. The van der Waals surface area contributed by atoms with Crippen LogP contribution in [0, 0.1) is 19.8 Å². The molecular formula is C23H26N2O4. The molecule has 29 heavy (non-hydrogen) atoms. The Morgan fingerprint density at radius 2 is 1.66 bits per heavy atom. The van der Waals surface area contributed by atoms with Crippen LogP contribution in [0.3, 0.4) is 0 Å². The minimum Gasteiger partial charge on any atom is -0.452 e. The number of anilines is 1. The molecule has 6 nitrogen and oxygen atoms in total. The van der Waals surface area contributed by atoms with E-state index in [-0.39, 0.29) is 24.8 Å². The fourth-order valence-electron chi connectivity index (χ4n) is 3.20. The quantitative estimate of drug-likeness (QED) is 0.765. The first kappa shape index (κ1) is 20.6. The molecule has 2 amide bonds. The van der Waals surface area contributed by atoms with Crippen LogP contribution in [0.15, 0.2) is 48.5 Å². The van der Waals surface area contributed by atoms with E-state index in [0.717, 1.165) is 22.4 Å². The molecule has 1 saturated heterocycles. The van der Waals surface area contributed by atoms with Crippen LogP contribution in [0.5, 0.6) is 0 Å². The number of nitrogens with one attached hydrogen (secondary N) is 1. The summed E-state index contributed by atoms with van der Waals surface area (Å²) in [5.41, 5.74) is 3.98. The average molecular weight is 394 g/mol. The van der Waals surface area contributed by atoms with Crippen molar-refractivity contribution < 1.29 is 19.1 Å². The molecule has 1 aliphatic heterocycles. The van der Waals surface area contributed by atoms with E-state index in [4.69, 9.17) is 4.74 Å². The summed E-state index contributed by atoms with van der Waals surface area (Å²) in [6, 6.07) is 15.4. The number of ether oxygens (including phenoxy) is 1. The minimum absolute atomic E-state index is 0.0877. The molecule has 0 saturated carbocycles. The largest absolute Gasteiger partial charge is 0.452 e. The molecule has 152 valence electrons. The maximum atomic E-state index is 12.5. The Labute approximate surface area is 170 Å². The Hall–Kier alpha value is -3.15. The summed E-state index contributed by atoms with van der Waals surface area (Å²) in [6.45, 7) is 6.14. The fourth-order valence-corrected chi connectivity index (χ4v) is 3.20. The normalized spacial score (nSPS) is 17.1. The number of benzene rings is 2. The first-order valence-corrected chi connectivity index (χ1v) is 9.74. The molecule has 1 N–H and O–H groups in total. The second-order valence-electron chi connectivity index (χ2n) is 7.52. The van der Waals surface area contributed by atoms with Crippen LogP contribution < -0.4 is 10.2 Å². The molecule has 2 aromatic rings. The zero-order chi connectivity index (χ0) is 21.0. The minimum atomic E-state index is -0.920. The zero-order valence-electron chi connectivity index (χ0n) is 17.0. The topological polar surface area (TPSA) is 75.7 Å². The van der Waals surface area contributed by atoms with Crippen molar-refractivity contribution in [1.82, 2.24) is 5.32 Å². The molecule has 0 bridgehead atoms. The number of rotatable bonds is 6. The predicted molar refractivity (Wildman–Crippen MR) is 110 cm³/mol. The van der Waals surface area contributed by atoms with Crippen LogP contribution in [0.1, 0.15) is 30.0 Å². The lowest BCUT2D eigenvalue weighted by molar-refractivity contribution is -0.158. The van der Waals surface area contributed by atoms with Gasteiger partial charge in [0.25, 0.3) is 5.91 Å². The van der Waals surface area contributed by atoms with Crippen molar-refractivity contribution in [3.05, 3.63) is 65.2 Å². The molecule has 0 aliphatic carbocycles. The number of aryl methyl sites for hydroxylation is 2. The number of amides is 2. The number of esters is 1. The molecule has 1 aliphatic rings. The predicted octanol–water partition coefficient (Wildman–Crippen LogP) is 2.90. The molecule has 0 radical (unpaired) electrons. The van der Waals surface area contributed by atoms with Crippen LogP contribution in [0.4, 0.5) is 5.69 Å². The van der Waals surface area contributed by atoms with Gasteiger partial charge in [0, 0.05) is 25.2 Å². The van der Waals surface area contributed by atoms with E-state index < -0.39 is 18.0 Å². The highest BCUT2D eigenvalue weighted by atomic mass is 16.5. The average Bonchev–Trinajstić information content (AvgIpc) is 3.09. The molecule has 2 aromatic carbocycles. The van der Waals surface area contributed by atoms with Gasteiger partial charge in [-0.3, -0.25) is 14.4 Å². The van der Waals surface area contributed by atoms with Crippen molar-refractivity contribution >= 4 is 23.5 Å². The lowest BCUT2D eigenvalue weighted by Gasteiger charge is -2.18. The van der Waals surface area contributed by atoms with E-state index in [2.05, 4.69) is 5.32 Å². The molecule has 0 unspecified atom stereocenters. The lowest BCUT2D eigenvalue weighted by Crippen LogP contribution is -2.37. The molecule has 3 rings (SSSR count). The van der Waals surface area contributed by atoms with Gasteiger partial charge in [0.1, 0.15) is 0 Å². The van der Waals surface area contributed by atoms with Crippen molar-refractivity contribution in [3.8, 4) is 0 Å². The van der Waals surface area contributed by atoms with Gasteiger partial charge in [0.05, 0.1) is 5.92 Å². The van der Waals surface area contributed by atoms with Crippen LogP contribution in [-0.2, 0) is 25.7 Å². The van der Waals surface area contributed by atoms with E-state index in [1.165, 1.54) is 6.92 Å². The van der Waals surface area contributed by atoms with Gasteiger partial charge in [-0.25, -0.2) is 0 Å². The van der Waals surface area contributed by atoms with Crippen LogP contribution in [0.25, 0.3) is 0 Å². The van der Waals surface area contributed by atoms with Gasteiger partial charge < -0.3 is 15.0 Å². The van der Waals surface area contributed by atoms with Gasteiger partial charge in [-0.05, 0) is 38.5 Å². The van der Waals surface area contributed by atoms with Crippen molar-refractivity contribution in [3.63, 3.8) is 0 Å². The second-order valence-corrected chi connectivity index (χ2v) is 7.52. The number of nitrogens with zero attached hydrogens (tertiary/aromatic N) is 1. The summed E-state index contributed by atoms with van der Waals surface area (Å²) in [5, 5.41) is 2.77. The van der Waals surface area contributed by atoms with Gasteiger partial charge in [-0.2, -0.15) is 0 Å². The summed E-state index contributed by atoms with van der Waals surface area (Å²) < 4.78 is 5.33. The molecule has 1 fully saturated rings. The molecule has 2 atom stereocenters. The van der Waals surface area contributed by atoms with Crippen LogP contribution in [0.2, 0.25) is 0 Å². The summed E-state index contributed by atoms with van der Waals surface area (Å²) in [4.78, 5) is 38.6. The first-order chi connectivity index (χ1) is 13.8. The smallest absolute Gasteiger partial charge is 0.312 e. The highest BCUT2D eigenvalue weighted by Crippen LogP contribution is 2.26. The zero-order valence-corrected chi connectivity index (χ0v) is 17.0. The second kappa shape index (κ2) is 8.90. The number of carbonyl (C=O) groups is 3. The molecule has 0 aromatic heterocycles. The molecule has 1 heterocycles. The van der Waals surface area contributed by atoms with Crippen molar-refractivity contribution in [1.29, 1.82) is 0 Å². The van der Waals surface area contributed by atoms with Gasteiger partial charge >= 0.3 is 5.97 Å². The Morgan fingerprint density at radius 1 is 1.07 bits per heavy atom. The van der Waals surface area contributed by atoms with Gasteiger partial charge in [0.15, 0.2) is 6.10 Å². The van der Waals surface area contributed by atoms with Crippen molar-refractivity contribution in [2.45, 2.75) is 39.8 Å². The molecule has 0 spiro atoms. The SMILES string of the molecule is Cc1ccc(CNC(=O)[C@@H](C)OC(=O)[C@H]2CC(=O)N(c3ccc(C)cc3)C2)cc1. The standard InChI is InChI=1S/C23H26N2O4/c1-15-4-8-18(9-5-15)13-24-22(27)17(3)29-23(28)19-12-21(26)25(14-19)20-10-6-16(2)7-11-20/h4-11,17,19H,12-14H2,1-3H3,(H,24,27)/t17-,19+/m1/s1. The Morgan fingerprint density at radius 3 is 2.28 bits per heavy atom. The summed E-state index contributed by atoms with van der Waals surface area (Å²) in [5.74, 6) is -1.58. The number of carbonyl (C=O) groups excluding carboxylic acids is 3. The first-order valence-electron chi connectivity index (χ1n) is 9.74. The number of hydrogen-bond acceptors (Lipinski definition) is 4. The van der Waals surface area contributed by atoms with Crippen molar-refractivity contribution in [2.24, 2.45) is 5.92 Å². The van der Waals surface area contributed by atoms with Crippen LogP contribution >= 0.6 is 0 Å². The van der Waals surface area contributed by atoms with E-state index >= 15 is 0 Å². The summed E-state index contributed by atoms with van der Waals surface area (Å²) in [7, 11) is 0. The Balaban J connectivity index is 1.51. The summed E-state index contributed by atoms with van der Waals surface area (Å²) >= 11 is 0. The van der Waals surface area contributed by atoms with Gasteiger partial charge in [-0.1, -0.05) is 47.5 Å². The Kier molecular flexibility index (Phi) is 6.32. The molecular weight excluding hydrogens is 368 g/mol. The highest BCUT2D eigenvalue weighted by Gasteiger charge is 2.37. The number of hydrogen-bond donors (Lipinski definition) is 1. The maximum Gasteiger partial charge on any atom is 0.312 e.